The molecule has 0 aliphatic rings. The average Bonchev–Trinajstić information content (AvgIpc) is 2.84. The van der Waals surface area contributed by atoms with E-state index in [0.29, 0.717) is 26.1 Å². The van der Waals surface area contributed by atoms with E-state index >= 15 is 0 Å². The van der Waals surface area contributed by atoms with Crippen molar-refractivity contribution in [2.75, 3.05) is 20.3 Å². The highest BCUT2D eigenvalue weighted by Gasteiger charge is 2.17. The zero-order valence-electron chi connectivity index (χ0n) is 23.2. The van der Waals surface area contributed by atoms with Crippen LogP contribution in [0.5, 0.6) is 11.5 Å². The molecule has 0 aliphatic heterocycles. The molecule has 2 aromatic carbocycles. The van der Waals surface area contributed by atoms with Crippen molar-refractivity contribution in [1.29, 1.82) is 0 Å². The van der Waals surface area contributed by atoms with Crippen molar-refractivity contribution in [3.63, 3.8) is 0 Å². The number of allylic oxidation sites excluding steroid dienone is 4. The van der Waals surface area contributed by atoms with Gasteiger partial charge in [-0.2, -0.15) is 0 Å². The SMILES string of the molecule is C/C=C/[C@H](CC(=O)OCC)c1ccc(O)cc1C.C/C=C/[C@H](CC(=O)OCC)c1ccc(OC)cc1C. The molecule has 1 N–H and O–H groups in total. The number of aromatic hydroxyl groups is 1. The van der Waals surface area contributed by atoms with Crippen LogP contribution in [0.4, 0.5) is 0 Å². The van der Waals surface area contributed by atoms with Gasteiger partial charge in [0.1, 0.15) is 11.5 Å². The van der Waals surface area contributed by atoms with Crippen LogP contribution in [0.15, 0.2) is 60.7 Å². The topological polar surface area (TPSA) is 82.1 Å². The third kappa shape index (κ3) is 10.9. The molecule has 0 heterocycles. The summed E-state index contributed by atoms with van der Waals surface area (Å²) >= 11 is 0. The summed E-state index contributed by atoms with van der Waals surface area (Å²) in [6.45, 7) is 12.3. The lowest BCUT2D eigenvalue weighted by atomic mass is 9.91. The standard InChI is InChI=1S/C16H22O3.C15H20O3/c1-5-7-13(11-16(17)19-6-2)15-9-8-14(18-4)10-12(15)3;1-4-6-12(10-15(17)18-5-2)14-8-7-13(16)9-11(14)3/h5,7-10,13H,6,11H2,1-4H3;4,6-9,12,16H,5,10H2,1-3H3/b7-5+;6-4+/t13-;12-/m11/s1. The number of phenols is 1. The van der Waals surface area contributed by atoms with Crippen LogP contribution < -0.4 is 4.74 Å². The van der Waals surface area contributed by atoms with Gasteiger partial charge >= 0.3 is 11.9 Å². The monoisotopic (exact) mass is 510 g/mol. The van der Waals surface area contributed by atoms with E-state index in [4.69, 9.17) is 14.2 Å². The third-order valence-corrected chi connectivity index (χ3v) is 5.76. The van der Waals surface area contributed by atoms with Gasteiger partial charge in [-0.3, -0.25) is 9.59 Å². The van der Waals surface area contributed by atoms with Gasteiger partial charge < -0.3 is 19.3 Å². The first-order valence-electron chi connectivity index (χ1n) is 12.7. The molecule has 2 atom stereocenters. The first kappa shape index (κ1) is 31.5. The third-order valence-electron chi connectivity index (χ3n) is 5.76. The predicted molar refractivity (Wildman–Crippen MR) is 148 cm³/mol. The minimum Gasteiger partial charge on any atom is -0.508 e. The number of benzene rings is 2. The minimum atomic E-state index is -0.201. The fourth-order valence-corrected chi connectivity index (χ4v) is 4.09. The molecule has 0 spiro atoms. The molecule has 0 unspecified atom stereocenters. The van der Waals surface area contributed by atoms with Crippen molar-refractivity contribution in [3.8, 4) is 11.5 Å². The van der Waals surface area contributed by atoms with Crippen LogP contribution in [-0.2, 0) is 19.1 Å². The van der Waals surface area contributed by atoms with Crippen molar-refractivity contribution < 1.29 is 28.9 Å². The number of hydrogen-bond donors (Lipinski definition) is 1. The van der Waals surface area contributed by atoms with Crippen molar-refractivity contribution in [2.24, 2.45) is 0 Å². The van der Waals surface area contributed by atoms with E-state index in [1.54, 1.807) is 26.2 Å². The van der Waals surface area contributed by atoms with E-state index in [1.165, 1.54) is 0 Å². The number of phenolic OH excluding ortho intramolecular Hbond substituents is 1. The molecular weight excluding hydrogens is 468 g/mol. The predicted octanol–water partition coefficient (Wildman–Crippen LogP) is 6.93. The minimum absolute atomic E-state index is 0.00495. The maximum atomic E-state index is 11.7. The fourth-order valence-electron chi connectivity index (χ4n) is 4.09. The molecular formula is C31H42O6. The van der Waals surface area contributed by atoms with Gasteiger partial charge in [-0.1, -0.05) is 36.4 Å². The molecule has 0 aliphatic carbocycles. The number of esters is 2. The maximum Gasteiger partial charge on any atom is 0.306 e. The second kappa shape index (κ2) is 17.0. The Morgan fingerprint density at radius 2 is 1.27 bits per heavy atom. The lowest BCUT2D eigenvalue weighted by Gasteiger charge is -2.16. The quantitative estimate of drug-likeness (QED) is 0.261. The van der Waals surface area contributed by atoms with Crippen LogP contribution in [0.25, 0.3) is 0 Å². The largest absolute Gasteiger partial charge is 0.508 e. The van der Waals surface area contributed by atoms with Gasteiger partial charge in [-0.05, 0) is 88.1 Å². The number of methoxy groups -OCH3 is 1. The molecule has 0 fully saturated rings. The van der Waals surface area contributed by atoms with E-state index in [-0.39, 0.29) is 29.5 Å². The van der Waals surface area contributed by atoms with Gasteiger partial charge in [0.2, 0.25) is 0 Å². The molecule has 0 amide bonds. The van der Waals surface area contributed by atoms with E-state index in [0.717, 1.165) is 28.0 Å². The molecule has 2 aromatic rings. The van der Waals surface area contributed by atoms with Crippen molar-refractivity contribution in [2.45, 2.75) is 66.2 Å². The number of ether oxygens (including phenoxy) is 3. The summed E-state index contributed by atoms with van der Waals surface area (Å²) in [6, 6.07) is 11.1. The Morgan fingerprint density at radius 1 is 0.811 bits per heavy atom. The second-order valence-corrected chi connectivity index (χ2v) is 8.55. The number of carbonyl (C=O) groups is 2. The lowest BCUT2D eigenvalue weighted by Crippen LogP contribution is -2.10. The molecule has 6 nitrogen and oxygen atoms in total. The number of aryl methyl sites for hydroxylation is 2. The van der Waals surface area contributed by atoms with Gasteiger partial charge in [0.05, 0.1) is 33.2 Å². The summed E-state index contributed by atoms with van der Waals surface area (Å²) in [6.07, 6.45) is 8.60. The maximum absolute atomic E-state index is 11.7. The molecule has 37 heavy (non-hydrogen) atoms. The second-order valence-electron chi connectivity index (χ2n) is 8.55. The van der Waals surface area contributed by atoms with Crippen molar-refractivity contribution in [3.05, 3.63) is 83.0 Å². The van der Waals surface area contributed by atoms with Gasteiger partial charge in [-0.25, -0.2) is 0 Å². The van der Waals surface area contributed by atoms with Crippen molar-refractivity contribution in [1.82, 2.24) is 0 Å². The van der Waals surface area contributed by atoms with Gasteiger partial charge in [0.25, 0.3) is 0 Å². The molecule has 0 saturated carbocycles. The highest BCUT2D eigenvalue weighted by atomic mass is 16.5. The Morgan fingerprint density at radius 3 is 1.65 bits per heavy atom. The molecule has 2 rings (SSSR count). The molecule has 0 aromatic heterocycles. The van der Waals surface area contributed by atoms with E-state index < -0.39 is 0 Å². The van der Waals surface area contributed by atoms with Crippen LogP contribution in [-0.4, -0.2) is 37.4 Å². The van der Waals surface area contributed by atoms with Crippen LogP contribution in [0, 0.1) is 13.8 Å². The Labute approximate surface area is 222 Å². The van der Waals surface area contributed by atoms with Crippen molar-refractivity contribution >= 4 is 11.9 Å². The summed E-state index contributed by atoms with van der Waals surface area (Å²) < 4.78 is 15.2. The van der Waals surface area contributed by atoms with Gasteiger partial charge in [0, 0.05) is 11.8 Å². The highest BCUT2D eigenvalue weighted by molar-refractivity contribution is 5.71. The first-order chi connectivity index (χ1) is 17.7. The van der Waals surface area contributed by atoms with E-state index in [9.17, 15) is 14.7 Å². The molecule has 202 valence electrons. The van der Waals surface area contributed by atoms with E-state index in [2.05, 4.69) is 0 Å². The zero-order valence-corrected chi connectivity index (χ0v) is 23.2. The molecule has 0 radical (unpaired) electrons. The summed E-state index contributed by atoms with van der Waals surface area (Å²) in [5.41, 5.74) is 4.26. The smallest absolute Gasteiger partial charge is 0.306 e. The zero-order chi connectivity index (χ0) is 27.8. The normalized spacial score (nSPS) is 12.5. The summed E-state index contributed by atoms with van der Waals surface area (Å²) in [7, 11) is 1.65. The summed E-state index contributed by atoms with van der Waals surface area (Å²) in [5, 5.41) is 9.41. The Kier molecular flexibility index (Phi) is 14.5. The fraction of sp³-hybridized carbons (Fsp3) is 0.419. The summed E-state index contributed by atoms with van der Waals surface area (Å²) in [5.74, 6) is 0.752. The van der Waals surface area contributed by atoms with Crippen LogP contribution >= 0.6 is 0 Å². The molecule has 6 heteroatoms. The number of rotatable bonds is 11. The Hall–Kier alpha value is -3.54. The highest BCUT2D eigenvalue weighted by Crippen LogP contribution is 2.29. The lowest BCUT2D eigenvalue weighted by molar-refractivity contribution is -0.144. The number of hydrogen-bond acceptors (Lipinski definition) is 6. The van der Waals surface area contributed by atoms with Gasteiger partial charge in [-0.15, -0.1) is 0 Å². The van der Waals surface area contributed by atoms with Gasteiger partial charge in [0.15, 0.2) is 0 Å². The average molecular weight is 511 g/mol. The Bertz CT molecular complexity index is 1050. The van der Waals surface area contributed by atoms with Crippen LogP contribution in [0.2, 0.25) is 0 Å². The van der Waals surface area contributed by atoms with Crippen LogP contribution in [0.3, 0.4) is 0 Å². The Balaban J connectivity index is 0.000000371. The molecule has 0 bridgehead atoms. The van der Waals surface area contributed by atoms with Crippen LogP contribution in [0.1, 0.15) is 74.6 Å². The molecule has 0 saturated heterocycles. The first-order valence-corrected chi connectivity index (χ1v) is 12.7. The summed E-state index contributed by atoms with van der Waals surface area (Å²) in [4.78, 5) is 23.2. The van der Waals surface area contributed by atoms with E-state index in [1.807, 2.05) is 83.2 Å². The number of carbonyl (C=O) groups excluding carboxylic acids is 2.